The number of hydrogen-bond donors (Lipinski definition) is 4. The largest absolute Gasteiger partial charge is 0.480 e. The Bertz CT molecular complexity index is 1380. The molecule has 0 fully saturated rings. The van der Waals surface area contributed by atoms with Gasteiger partial charge in [-0.05, 0) is 88.0 Å². The lowest BCUT2D eigenvalue weighted by Crippen LogP contribution is -2.53. The van der Waals surface area contributed by atoms with Gasteiger partial charge < -0.3 is 82.6 Å². The minimum atomic E-state index is -1.20. The highest BCUT2D eigenvalue weighted by Gasteiger charge is 2.31. The van der Waals surface area contributed by atoms with Gasteiger partial charge in [0.15, 0.2) is 0 Å². The summed E-state index contributed by atoms with van der Waals surface area (Å²) >= 11 is 0. The van der Waals surface area contributed by atoms with E-state index in [4.69, 9.17) is 66.7 Å². The summed E-state index contributed by atoms with van der Waals surface area (Å²) in [7, 11) is 0. The van der Waals surface area contributed by atoms with E-state index in [-0.39, 0.29) is 58.2 Å². The first kappa shape index (κ1) is 65.2. The minimum Gasteiger partial charge on any atom is -0.480 e. The Morgan fingerprint density at radius 2 is 0.739 bits per heavy atom. The number of rotatable bonds is 43. The lowest BCUT2D eigenvalue weighted by Gasteiger charge is -2.27. The topological polar surface area (TPSA) is 279 Å². The number of carbonyl (C=O) groups excluding carboxylic acids is 5. The van der Waals surface area contributed by atoms with Crippen LogP contribution in [0.5, 0.6) is 0 Å². The zero-order valence-corrected chi connectivity index (χ0v) is 42.7. The average Bonchev–Trinajstić information content (AvgIpc) is 3.23. The molecule has 0 bridgehead atoms. The van der Waals surface area contributed by atoms with Gasteiger partial charge in [0.25, 0.3) is 0 Å². The molecule has 0 heterocycles. The summed E-state index contributed by atoms with van der Waals surface area (Å²) in [6.07, 6.45) is 0.847. The molecular formula is C46H85N3O20. The molecule has 69 heavy (non-hydrogen) atoms. The number of esters is 3. The van der Waals surface area contributed by atoms with E-state index in [1.165, 1.54) is 0 Å². The minimum absolute atomic E-state index is 0.0902. The molecule has 23 nitrogen and oxygen atoms in total. The summed E-state index contributed by atoms with van der Waals surface area (Å²) in [6.45, 7) is 21.9. The number of carbonyl (C=O) groups is 6. The van der Waals surface area contributed by atoms with Gasteiger partial charge in [-0.15, -0.1) is 0 Å². The second-order valence-corrected chi connectivity index (χ2v) is 18.2. The second kappa shape index (κ2) is 39.9. The lowest BCUT2D eigenvalue weighted by atomic mass is 10.1. The molecule has 0 aromatic heterocycles. The van der Waals surface area contributed by atoms with Gasteiger partial charge in [-0.25, -0.2) is 19.2 Å². The van der Waals surface area contributed by atoms with Crippen LogP contribution in [0.2, 0.25) is 0 Å². The van der Waals surface area contributed by atoms with Gasteiger partial charge in [-0.3, -0.25) is 9.59 Å². The van der Waals surface area contributed by atoms with Crippen LogP contribution in [0.1, 0.15) is 94.4 Å². The molecule has 0 rings (SSSR count). The van der Waals surface area contributed by atoms with Gasteiger partial charge in [-0.1, -0.05) is 0 Å². The van der Waals surface area contributed by atoms with E-state index >= 15 is 0 Å². The highest BCUT2D eigenvalue weighted by Crippen LogP contribution is 2.15. The van der Waals surface area contributed by atoms with Crippen LogP contribution >= 0.6 is 0 Å². The molecule has 0 saturated carbocycles. The number of urea groups is 1. The van der Waals surface area contributed by atoms with E-state index in [1.807, 2.05) is 0 Å². The van der Waals surface area contributed by atoms with Crippen LogP contribution in [0.25, 0.3) is 0 Å². The average molecular weight is 1000 g/mol. The summed E-state index contributed by atoms with van der Waals surface area (Å²) in [6, 6.07) is -3.09. The highest BCUT2D eigenvalue weighted by atomic mass is 16.6. The quantitative estimate of drug-likeness (QED) is 0.0388. The number of hydrogen-bond acceptors (Lipinski definition) is 19. The fraction of sp³-hybridized carbons (Fsp3) is 0.870. The maximum absolute atomic E-state index is 13.1. The van der Waals surface area contributed by atoms with Crippen molar-refractivity contribution in [3.8, 4) is 0 Å². The second-order valence-electron chi connectivity index (χ2n) is 18.2. The number of amides is 3. The summed E-state index contributed by atoms with van der Waals surface area (Å²) in [5.41, 5.74) is -2.42. The first-order chi connectivity index (χ1) is 32.6. The molecule has 0 aliphatic heterocycles. The Kier molecular flexibility index (Phi) is 37.7. The molecule has 404 valence electrons. The van der Waals surface area contributed by atoms with Crippen molar-refractivity contribution in [3.63, 3.8) is 0 Å². The van der Waals surface area contributed by atoms with Crippen molar-refractivity contribution in [3.05, 3.63) is 0 Å². The van der Waals surface area contributed by atoms with E-state index in [0.29, 0.717) is 118 Å². The molecule has 23 heteroatoms. The zero-order valence-electron chi connectivity index (χ0n) is 42.7. The van der Waals surface area contributed by atoms with Crippen LogP contribution < -0.4 is 16.0 Å². The summed E-state index contributed by atoms with van der Waals surface area (Å²) in [4.78, 5) is 74.2. The van der Waals surface area contributed by atoms with Crippen molar-refractivity contribution >= 4 is 35.8 Å². The van der Waals surface area contributed by atoms with Crippen LogP contribution in [-0.2, 0) is 85.6 Å². The summed E-state index contributed by atoms with van der Waals surface area (Å²) in [5, 5.41) is 16.4. The molecule has 0 saturated heterocycles. The van der Waals surface area contributed by atoms with Crippen LogP contribution in [-0.4, -0.2) is 208 Å². The van der Waals surface area contributed by atoms with Crippen molar-refractivity contribution in [2.45, 2.75) is 123 Å². The van der Waals surface area contributed by atoms with Gasteiger partial charge in [0.1, 0.15) is 42.1 Å². The Morgan fingerprint density at radius 1 is 0.420 bits per heavy atom. The third-order valence-corrected chi connectivity index (χ3v) is 8.10. The Morgan fingerprint density at radius 3 is 1.07 bits per heavy atom. The summed E-state index contributed by atoms with van der Waals surface area (Å²) in [5.74, 6) is -3.29. The molecule has 0 aromatic carbocycles. The van der Waals surface area contributed by atoms with Crippen molar-refractivity contribution in [1.29, 1.82) is 0 Å². The Labute approximate surface area is 408 Å². The third kappa shape index (κ3) is 46.4. The van der Waals surface area contributed by atoms with Gasteiger partial charge in [0, 0.05) is 13.0 Å². The van der Waals surface area contributed by atoms with E-state index in [1.54, 1.807) is 62.3 Å². The van der Waals surface area contributed by atoms with Gasteiger partial charge >= 0.3 is 29.9 Å². The van der Waals surface area contributed by atoms with Crippen molar-refractivity contribution in [2.24, 2.45) is 0 Å². The molecule has 0 aromatic rings. The molecule has 0 unspecified atom stereocenters. The van der Waals surface area contributed by atoms with E-state index in [9.17, 15) is 28.8 Å². The smallest absolute Gasteiger partial charge is 0.329 e. The highest BCUT2D eigenvalue weighted by molar-refractivity contribution is 5.87. The first-order valence-corrected chi connectivity index (χ1v) is 23.6. The molecule has 4 N–H and O–H groups in total. The Balaban J connectivity index is 4.04. The predicted octanol–water partition coefficient (Wildman–Crippen LogP) is 2.37. The first-order valence-electron chi connectivity index (χ1n) is 23.6. The molecule has 2 atom stereocenters. The molecule has 0 radical (unpaired) electrons. The number of unbranched alkanes of at least 4 members (excludes halogenated alkanes) is 1. The van der Waals surface area contributed by atoms with Gasteiger partial charge in [-0.2, -0.15) is 0 Å². The standard InChI is InChI=1S/C46H85N3O20/c1-44(2,3)67-40(53)14-13-37(42(55)69-46(7,8)9)49-43(56)48-36(41(54)68-45(4,5)6)12-10-11-15-47-38(50)34-65-32-30-63-28-26-61-24-22-59-20-18-57-16-17-58-19-21-60-23-25-62-27-29-64-31-33-66-35-39(51)52/h36-37H,10-35H2,1-9H3,(H,47,50)(H,51,52)(H2,48,49,56)/t36-,37-/m0/s1. The van der Waals surface area contributed by atoms with Crippen LogP contribution in [0, 0.1) is 0 Å². The van der Waals surface area contributed by atoms with E-state index < -0.39 is 58.8 Å². The molecule has 0 aliphatic rings. The molecule has 0 spiro atoms. The predicted molar refractivity (Wildman–Crippen MR) is 249 cm³/mol. The van der Waals surface area contributed by atoms with Crippen molar-refractivity contribution < 1.29 is 95.5 Å². The zero-order chi connectivity index (χ0) is 51.8. The normalized spacial score (nSPS) is 12.8. The van der Waals surface area contributed by atoms with E-state index in [2.05, 4.69) is 16.0 Å². The third-order valence-electron chi connectivity index (χ3n) is 8.10. The number of aliphatic carboxylic acids is 1. The molecule has 3 amide bonds. The van der Waals surface area contributed by atoms with Gasteiger partial charge in [0.05, 0.1) is 119 Å². The Hall–Kier alpha value is -3.78. The number of nitrogens with one attached hydrogen (secondary N) is 3. The van der Waals surface area contributed by atoms with Crippen molar-refractivity contribution in [1.82, 2.24) is 16.0 Å². The number of carboxylic acids is 1. The van der Waals surface area contributed by atoms with Crippen LogP contribution in [0.15, 0.2) is 0 Å². The van der Waals surface area contributed by atoms with Crippen LogP contribution in [0.3, 0.4) is 0 Å². The van der Waals surface area contributed by atoms with Crippen molar-refractivity contribution in [2.75, 3.05) is 139 Å². The SMILES string of the molecule is CC(C)(C)OC(=O)CC[C@H](NC(=O)N[C@@H](CCCCNC(=O)COCCOCCOCCOCCOCCOCCOCCOCCOCCOCC(=O)O)C(=O)OC(C)(C)C)C(=O)OC(C)(C)C. The van der Waals surface area contributed by atoms with Gasteiger partial charge in [0.2, 0.25) is 5.91 Å². The fourth-order valence-corrected chi connectivity index (χ4v) is 5.21. The maximum Gasteiger partial charge on any atom is 0.329 e. The van der Waals surface area contributed by atoms with E-state index in [0.717, 1.165) is 0 Å². The maximum atomic E-state index is 13.1. The monoisotopic (exact) mass is 1000 g/mol. The number of carboxylic acid groups (broad SMARTS) is 1. The number of ether oxygens (including phenoxy) is 13. The van der Waals surface area contributed by atoms with Crippen LogP contribution in [0.4, 0.5) is 4.79 Å². The lowest BCUT2D eigenvalue weighted by molar-refractivity contribution is -0.159. The molecule has 0 aliphatic carbocycles. The molecular weight excluding hydrogens is 915 g/mol. The fourth-order valence-electron chi connectivity index (χ4n) is 5.21. The summed E-state index contributed by atoms with van der Waals surface area (Å²) < 4.78 is 70.0.